The molecule has 0 aliphatic carbocycles. The van der Waals surface area contributed by atoms with Gasteiger partial charge in [0.05, 0.1) is 24.6 Å². The number of benzene rings is 3. The van der Waals surface area contributed by atoms with Gasteiger partial charge in [-0.2, -0.15) is 0 Å². The highest BCUT2D eigenvalue weighted by molar-refractivity contribution is 6.24. The Morgan fingerprint density at radius 2 is 1.76 bits per heavy atom. The SMILES string of the molecule is CCOC(=O)CCc1cccc(C(=Nc2ccc(CNCC(=O)OC(C)(C)C)cc2)C2C(=O)Nc3cc(F)ccc32)c1. The Morgan fingerprint density at radius 3 is 2.48 bits per heavy atom. The number of amides is 1. The zero-order valence-electron chi connectivity index (χ0n) is 24.3. The van der Waals surface area contributed by atoms with Crippen LogP contribution in [-0.4, -0.2) is 42.3 Å². The zero-order valence-corrected chi connectivity index (χ0v) is 24.3. The Labute approximate surface area is 245 Å². The topological polar surface area (TPSA) is 106 Å². The van der Waals surface area contributed by atoms with Gasteiger partial charge in [-0.3, -0.25) is 19.4 Å². The summed E-state index contributed by atoms with van der Waals surface area (Å²) in [5.74, 6) is -2.09. The number of fused-ring (bicyclic) bond motifs is 1. The molecule has 0 saturated heterocycles. The Kier molecular flexibility index (Phi) is 9.85. The van der Waals surface area contributed by atoms with Gasteiger partial charge in [-0.05, 0) is 86.7 Å². The lowest BCUT2D eigenvalue weighted by molar-refractivity contribution is -0.153. The number of nitrogens with one attached hydrogen (secondary N) is 2. The van der Waals surface area contributed by atoms with E-state index in [9.17, 15) is 18.8 Å². The molecule has 1 unspecified atom stereocenters. The molecule has 0 radical (unpaired) electrons. The minimum absolute atomic E-state index is 0.0879. The van der Waals surface area contributed by atoms with E-state index in [1.165, 1.54) is 12.1 Å². The van der Waals surface area contributed by atoms with Crippen molar-refractivity contribution in [1.29, 1.82) is 0 Å². The lowest BCUT2D eigenvalue weighted by atomic mass is 9.89. The van der Waals surface area contributed by atoms with Crippen LogP contribution in [0.3, 0.4) is 0 Å². The first-order valence-electron chi connectivity index (χ1n) is 14.0. The lowest BCUT2D eigenvalue weighted by Gasteiger charge is -2.19. The average Bonchev–Trinajstić information content (AvgIpc) is 3.25. The van der Waals surface area contributed by atoms with Crippen molar-refractivity contribution in [2.75, 3.05) is 18.5 Å². The Balaban J connectivity index is 1.59. The van der Waals surface area contributed by atoms with Gasteiger partial charge in [-0.25, -0.2) is 4.39 Å². The van der Waals surface area contributed by atoms with Crippen LogP contribution < -0.4 is 10.6 Å². The summed E-state index contributed by atoms with van der Waals surface area (Å²) in [5.41, 5.74) is 4.21. The molecule has 0 aromatic heterocycles. The fourth-order valence-electron chi connectivity index (χ4n) is 4.68. The number of nitrogens with zero attached hydrogens (tertiary/aromatic N) is 1. The third-order valence-electron chi connectivity index (χ3n) is 6.47. The van der Waals surface area contributed by atoms with Crippen molar-refractivity contribution in [2.45, 2.75) is 58.6 Å². The van der Waals surface area contributed by atoms with Crippen LogP contribution in [0.5, 0.6) is 0 Å². The number of esters is 2. The van der Waals surface area contributed by atoms with Crippen LogP contribution in [-0.2, 0) is 36.8 Å². The maximum atomic E-state index is 13.9. The molecule has 3 aromatic carbocycles. The summed E-state index contributed by atoms with van der Waals surface area (Å²) in [4.78, 5) is 42.0. The summed E-state index contributed by atoms with van der Waals surface area (Å²) in [6.45, 7) is 8.11. The van der Waals surface area contributed by atoms with Crippen LogP contribution in [0.15, 0.2) is 71.7 Å². The number of aliphatic imine (C=N–C) groups is 1. The monoisotopic (exact) mass is 573 g/mol. The molecular weight excluding hydrogens is 537 g/mol. The Morgan fingerprint density at radius 1 is 1.00 bits per heavy atom. The number of halogens is 1. The van der Waals surface area contributed by atoms with E-state index in [1.807, 2.05) is 69.3 Å². The smallest absolute Gasteiger partial charge is 0.320 e. The van der Waals surface area contributed by atoms with Gasteiger partial charge in [0.25, 0.3) is 0 Å². The summed E-state index contributed by atoms with van der Waals surface area (Å²) in [6.07, 6.45) is 0.711. The van der Waals surface area contributed by atoms with Gasteiger partial charge in [0.15, 0.2) is 0 Å². The second-order valence-electron chi connectivity index (χ2n) is 11.0. The molecule has 0 fully saturated rings. The molecule has 0 bridgehead atoms. The van der Waals surface area contributed by atoms with Crippen molar-refractivity contribution in [1.82, 2.24) is 5.32 Å². The molecule has 42 heavy (non-hydrogen) atoms. The molecule has 9 heteroatoms. The van der Waals surface area contributed by atoms with E-state index in [4.69, 9.17) is 14.5 Å². The van der Waals surface area contributed by atoms with E-state index < -0.39 is 17.3 Å². The van der Waals surface area contributed by atoms with Crippen molar-refractivity contribution in [3.05, 3.63) is 94.8 Å². The third kappa shape index (κ3) is 8.33. The number of carbonyl (C=O) groups is 3. The predicted molar refractivity (Wildman–Crippen MR) is 159 cm³/mol. The van der Waals surface area contributed by atoms with Crippen LogP contribution in [0.4, 0.5) is 15.8 Å². The molecule has 1 amide bonds. The number of hydrogen-bond donors (Lipinski definition) is 2. The second-order valence-corrected chi connectivity index (χ2v) is 11.0. The highest BCUT2D eigenvalue weighted by atomic mass is 19.1. The largest absolute Gasteiger partial charge is 0.466 e. The third-order valence-corrected chi connectivity index (χ3v) is 6.47. The molecule has 1 heterocycles. The average molecular weight is 574 g/mol. The van der Waals surface area contributed by atoms with Crippen molar-refractivity contribution >= 4 is 34.9 Å². The minimum Gasteiger partial charge on any atom is -0.466 e. The maximum Gasteiger partial charge on any atom is 0.320 e. The zero-order chi connectivity index (χ0) is 30.3. The molecule has 3 aromatic rings. The van der Waals surface area contributed by atoms with E-state index in [0.29, 0.717) is 42.2 Å². The van der Waals surface area contributed by atoms with Crippen LogP contribution in [0, 0.1) is 5.82 Å². The van der Waals surface area contributed by atoms with E-state index in [2.05, 4.69) is 10.6 Å². The molecule has 1 aliphatic heterocycles. The molecule has 0 spiro atoms. The van der Waals surface area contributed by atoms with E-state index >= 15 is 0 Å². The van der Waals surface area contributed by atoms with Gasteiger partial charge in [0.1, 0.15) is 17.3 Å². The molecule has 4 rings (SSSR count). The van der Waals surface area contributed by atoms with Gasteiger partial charge in [-0.1, -0.05) is 36.4 Å². The summed E-state index contributed by atoms with van der Waals surface area (Å²) >= 11 is 0. The quantitative estimate of drug-likeness (QED) is 0.228. The number of carbonyl (C=O) groups excluding carboxylic acids is 3. The van der Waals surface area contributed by atoms with Crippen LogP contribution in [0.1, 0.15) is 62.3 Å². The van der Waals surface area contributed by atoms with Gasteiger partial charge in [0, 0.05) is 18.7 Å². The van der Waals surface area contributed by atoms with Crippen molar-refractivity contribution in [2.24, 2.45) is 4.99 Å². The fraction of sp³-hybridized carbons (Fsp3) is 0.333. The van der Waals surface area contributed by atoms with Crippen molar-refractivity contribution < 1.29 is 28.2 Å². The predicted octanol–water partition coefficient (Wildman–Crippen LogP) is 5.61. The van der Waals surface area contributed by atoms with Gasteiger partial charge < -0.3 is 20.1 Å². The number of rotatable bonds is 11. The van der Waals surface area contributed by atoms with Crippen molar-refractivity contribution in [3.8, 4) is 0 Å². The number of hydrogen-bond acceptors (Lipinski definition) is 7. The Hall–Kier alpha value is -4.37. The van der Waals surface area contributed by atoms with E-state index in [0.717, 1.165) is 16.7 Å². The highest BCUT2D eigenvalue weighted by Crippen LogP contribution is 2.37. The fourth-order valence-corrected chi connectivity index (χ4v) is 4.68. The normalized spacial score (nSPS) is 14.7. The van der Waals surface area contributed by atoms with Crippen LogP contribution in [0.25, 0.3) is 0 Å². The highest BCUT2D eigenvalue weighted by Gasteiger charge is 2.35. The Bertz CT molecular complexity index is 1480. The lowest BCUT2D eigenvalue weighted by Crippen LogP contribution is -2.31. The summed E-state index contributed by atoms with van der Waals surface area (Å²) in [6, 6.07) is 19.3. The van der Waals surface area contributed by atoms with Crippen molar-refractivity contribution in [3.63, 3.8) is 0 Å². The first-order chi connectivity index (χ1) is 20.0. The first-order valence-corrected chi connectivity index (χ1v) is 14.0. The standard InChI is InChI=1S/C33H36FN3O5/c1-5-41-28(38)16-11-21-7-6-8-23(17-21)31(30-26-15-12-24(34)18-27(26)37-32(30)40)36-25-13-9-22(10-14-25)19-35-20-29(39)42-33(2,3)4/h6-10,12-15,17-18,30,35H,5,11,16,19-20H2,1-4H3,(H,37,40). The number of aryl methyl sites for hydroxylation is 1. The van der Waals surface area contributed by atoms with Crippen LogP contribution in [0.2, 0.25) is 0 Å². The summed E-state index contributed by atoms with van der Waals surface area (Å²) in [7, 11) is 0. The molecule has 220 valence electrons. The molecule has 1 aliphatic rings. The van der Waals surface area contributed by atoms with Gasteiger partial charge in [-0.15, -0.1) is 0 Å². The summed E-state index contributed by atoms with van der Waals surface area (Å²) < 4.78 is 24.3. The van der Waals surface area contributed by atoms with E-state index in [-0.39, 0.29) is 30.8 Å². The summed E-state index contributed by atoms with van der Waals surface area (Å²) in [5, 5.41) is 5.86. The van der Waals surface area contributed by atoms with Gasteiger partial charge >= 0.3 is 11.9 Å². The first kappa shape index (κ1) is 30.6. The second kappa shape index (κ2) is 13.5. The molecule has 2 N–H and O–H groups in total. The minimum atomic E-state index is -0.754. The number of anilines is 1. The number of ether oxygens (including phenoxy) is 2. The molecule has 8 nitrogen and oxygen atoms in total. The molecule has 0 saturated carbocycles. The maximum absolute atomic E-state index is 13.9. The van der Waals surface area contributed by atoms with Crippen LogP contribution >= 0.6 is 0 Å². The molecular formula is C33H36FN3O5. The van der Waals surface area contributed by atoms with Gasteiger partial charge in [0.2, 0.25) is 5.91 Å². The van der Waals surface area contributed by atoms with E-state index in [1.54, 1.807) is 13.0 Å². The molecule has 1 atom stereocenters.